The van der Waals surface area contributed by atoms with E-state index < -0.39 is 17.5 Å². The third-order valence-corrected chi connectivity index (χ3v) is 4.05. The Hall–Kier alpha value is -1.53. The Balaban J connectivity index is 1.66. The van der Waals surface area contributed by atoms with Crippen molar-refractivity contribution in [3.63, 3.8) is 0 Å². The van der Waals surface area contributed by atoms with Crippen LogP contribution in [0, 0.1) is 11.6 Å². The number of rotatable bonds is 7. The SMILES string of the molecule is O=C(NCCCCN1CCCC1CO)c1ccc(F)c(F)c1. The predicted molar refractivity (Wildman–Crippen MR) is 79.6 cm³/mol. The first-order chi connectivity index (χ1) is 10.6. The molecule has 1 aliphatic heterocycles. The Labute approximate surface area is 129 Å². The molecule has 1 aromatic carbocycles. The van der Waals surface area contributed by atoms with E-state index in [1.807, 2.05) is 0 Å². The van der Waals surface area contributed by atoms with Gasteiger partial charge in [-0.05, 0) is 57.0 Å². The lowest BCUT2D eigenvalue weighted by molar-refractivity contribution is 0.0951. The quantitative estimate of drug-likeness (QED) is 0.757. The number of benzene rings is 1. The number of nitrogens with one attached hydrogen (secondary N) is 1. The van der Waals surface area contributed by atoms with Crippen molar-refractivity contribution in [2.45, 2.75) is 31.7 Å². The molecular formula is C16H22F2N2O2. The zero-order valence-electron chi connectivity index (χ0n) is 12.5. The third-order valence-electron chi connectivity index (χ3n) is 4.05. The van der Waals surface area contributed by atoms with E-state index in [2.05, 4.69) is 10.2 Å². The molecule has 1 saturated heterocycles. The van der Waals surface area contributed by atoms with Crippen molar-refractivity contribution in [3.8, 4) is 0 Å². The summed E-state index contributed by atoms with van der Waals surface area (Å²) in [5.74, 6) is -2.37. The first-order valence-corrected chi connectivity index (χ1v) is 7.70. The molecule has 122 valence electrons. The fourth-order valence-electron chi connectivity index (χ4n) is 2.78. The summed E-state index contributed by atoms with van der Waals surface area (Å²) in [6.45, 7) is 2.63. The Bertz CT molecular complexity index is 511. The van der Waals surface area contributed by atoms with Gasteiger partial charge in [-0.1, -0.05) is 0 Å². The lowest BCUT2D eigenvalue weighted by Gasteiger charge is -2.22. The molecule has 4 nitrogen and oxygen atoms in total. The van der Waals surface area contributed by atoms with Gasteiger partial charge < -0.3 is 10.4 Å². The predicted octanol–water partition coefficient (Wildman–Crippen LogP) is 1.93. The average Bonchev–Trinajstić information content (AvgIpc) is 2.97. The van der Waals surface area contributed by atoms with Gasteiger partial charge in [0.05, 0.1) is 6.61 Å². The second kappa shape index (κ2) is 8.19. The molecule has 0 saturated carbocycles. The molecule has 2 N–H and O–H groups in total. The van der Waals surface area contributed by atoms with Gasteiger partial charge in [0.2, 0.25) is 0 Å². The van der Waals surface area contributed by atoms with Crippen molar-refractivity contribution >= 4 is 5.91 Å². The summed E-state index contributed by atoms with van der Waals surface area (Å²) < 4.78 is 25.8. The molecule has 1 unspecified atom stereocenters. The molecule has 1 fully saturated rings. The second-order valence-corrected chi connectivity index (χ2v) is 5.61. The maximum atomic E-state index is 13.0. The van der Waals surface area contributed by atoms with Gasteiger partial charge in [0, 0.05) is 18.2 Å². The zero-order valence-corrected chi connectivity index (χ0v) is 12.5. The summed E-state index contributed by atoms with van der Waals surface area (Å²) in [5.41, 5.74) is 0.124. The molecule has 0 aliphatic carbocycles. The molecule has 0 aromatic heterocycles. The number of aliphatic hydroxyl groups excluding tert-OH is 1. The molecule has 1 atom stereocenters. The van der Waals surface area contributed by atoms with E-state index in [9.17, 15) is 18.7 Å². The summed E-state index contributed by atoms with van der Waals surface area (Å²) in [5, 5.41) is 11.9. The Morgan fingerprint density at radius 1 is 1.32 bits per heavy atom. The number of halogens is 2. The summed E-state index contributed by atoms with van der Waals surface area (Å²) in [4.78, 5) is 14.1. The van der Waals surface area contributed by atoms with Crippen LogP contribution in [-0.4, -0.2) is 48.2 Å². The number of hydrogen-bond acceptors (Lipinski definition) is 3. The van der Waals surface area contributed by atoms with Crippen molar-refractivity contribution in [2.75, 3.05) is 26.2 Å². The van der Waals surface area contributed by atoms with Crippen LogP contribution in [0.1, 0.15) is 36.0 Å². The van der Waals surface area contributed by atoms with E-state index in [-0.39, 0.29) is 18.2 Å². The van der Waals surface area contributed by atoms with Crippen molar-refractivity contribution in [3.05, 3.63) is 35.4 Å². The highest BCUT2D eigenvalue weighted by Gasteiger charge is 2.22. The van der Waals surface area contributed by atoms with Crippen molar-refractivity contribution in [2.24, 2.45) is 0 Å². The third kappa shape index (κ3) is 4.48. The highest BCUT2D eigenvalue weighted by atomic mass is 19.2. The van der Waals surface area contributed by atoms with Gasteiger partial charge in [0.25, 0.3) is 5.91 Å². The molecule has 22 heavy (non-hydrogen) atoms. The van der Waals surface area contributed by atoms with Gasteiger partial charge in [-0.3, -0.25) is 9.69 Å². The van der Waals surface area contributed by atoms with Gasteiger partial charge >= 0.3 is 0 Å². The molecule has 0 bridgehead atoms. The molecule has 6 heteroatoms. The van der Waals surface area contributed by atoms with E-state index in [0.29, 0.717) is 6.54 Å². The lowest BCUT2D eigenvalue weighted by atomic mass is 10.2. The number of nitrogens with zero attached hydrogens (tertiary/aromatic N) is 1. The number of carbonyl (C=O) groups is 1. The molecule has 1 aromatic rings. The van der Waals surface area contributed by atoms with Crippen molar-refractivity contribution in [1.29, 1.82) is 0 Å². The minimum atomic E-state index is -1.02. The molecule has 0 radical (unpaired) electrons. The monoisotopic (exact) mass is 312 g/mol. The Kier molecular flexibility index (Phi) is 6.27. The minimum absolute atomic E-state index is 0.124. The number of unbranched alkanes of at least 4 members (excludes halogenated alkanes) is 1. The van der Waals surface area contributed by atoms with E-state index in [4.69, 9.17) is 0 Å². The number of amides is 1. The standard InChI is InChI=1S/C16H22F2N2O2/c17-14-6-5-12(10-15(14)18)16(22)19-7-1-2-8-20-9-3-4-13(20)11-21/h5-6,10,13,21H,1-4,7-9,11H2,(H,19,22). The van der Waals surface area contributed by atoms with Crippen molar-refractivity contribution in [1.82, 2.24) is 10.2 Å². The number of hydrogen-bond donors (Lipinski definition) is 2. The molecular weight excluding hydrogens is 290 g/mol. The first-order valence-electron chi connectivity index (χ1n) is 7.70. The van der Waals surface area contributed by atoms with E-state index in [0.717, 1.165) is 50.9 Å². The molecule has 0 spiro atoms. The maximum absolute atomic E-state index is 13.0. The van der Waals surface area contributed by atoms with Gasteiger partial charge in [-0.25, -0.2) is 8.78 Å². The summed E-state index contributed by atoms with van der Waals surface area (Å²) in [7, 11) is 0. The lowest BCUT2D eigenvalue weighted by Crippen LogP contribution is -2.33. The zero-order chi connectivity index (χ0) is 15.9. The van der Waals surface area contributed by atoms with Gasteiger partial charge in [0.1, 0.15) is 0 Å². The second-order valence-electron chi connectivity index (χ2n) is 5.61. The maximum Gasteiger partial charge on any atom is 0.251 e. The van der Waals surface area contributed by atoms with Crippen LogP contribution < -0.4 is 5.32 Å². The first kappa shape index (κ1) is 16.8. The molecule has 1 amide bonds. The summed E-state index contributed by atoms with van der Waals surface area (Å²) in [6, 6.07) is 3.40. The molecule has 2 rings (SSSR count). The van der Waals surface area contributed by atoms with Gasteiger partial charge in [-0.2, -0.15) is 0 Å². The van der Waals surface area contributed by atoms with Crippen LogP contribution in [0.5, 0.6) is 0 Å². The van der Waals surface area contributed by atoms with E-state index in [1.165, 1.54) is 6.07 Å². The summed E-state index contributed by atoms with van der Waals surface area (Å²) in [6.07, 6.45) is 3.90. The topological polar surface area (TPSA) is 52.6 Å². The summed E-state index contributed by atoms with van der Waals surface area (Å²) >= 11 is 0. The molecule has 1 aliphatic rings. The van der Waals surface area contributed by atoms with E-state index in [1.54, 1.807) is 0 Å². The Morgan fingerprint density at radius 2 is 2.14 bits per heavy atom. The normalized spacial score (nSPS) is 18.6. The number of aliphatic hydroxyl groups is 1. The van der Waals surface area contributed by atoms with Gasteiger partial charge in [-0.15, -0.1) is 0 Å². The average molecular weight is 312 g/mol. The fraction of sp³-hybridized carbons (Fsp3) is 0.562. The highest BCUT2D eigenvalue weighted by molar-refractivity contribution is 5.94. The van der Waals surface area contributed by atoms with Crippen LogP contribution in [0.3, 0.4) is 0 Å². The van der Waals surface area contributed by atoms with Crippen molar-refractivity contribution < 1.29 is 18.7 Å². The van der Waals surface area contributed by atoms with Crippen LogP contribution in [0.25, 0.3) is 0 Å². The number of likely N-dealkylation sites (tertiary alicyclic amines) is 1. The minimum Gasteiger partial charge on any atom is -0.395 e. The Morgan fingerprint density at radius 3 is 2.86 bits per heavy atom. The van der Waals surface area contributed by atoms with Gasteiger partial charge in [0.15, 0.2) is 11.6 Å². The van der Waals surface area contributed by atoms with Crippen LogP contribution in [-0.2, 0) is 0 Å². The van der Waals surface area contributed by atoms with Crippen LogP contribution >= 0.6 is 0 Å². The van der Waals surface area contributed by atoms with E-state index >= 15 is 0 Å². The highest BCUT2D eigenvalue weighted by Crippen LogP contribution is 2.16. The largest absolute Gasteiger partial charge is 0.395 e. The van der Waals surface area contributed by atoms with Crippen LogP contribution in [0.4, 0.5) is 8.78 Å². The van der Waals surface area contributed by atoms with Crippen LogP contribution in [0.2, 0.25) is 0 Å². The molecule has 1 heterocycles. The fourth-order valence-corrected chi connectivity index (χ4v) is 2.78. The number of carbonyl (C=O) groups excluding carboxylic acids is 1. The smallest absolute Gasteiger partial charge is 0.251 e. The van der Waals surface area contributed by atoms with Crippen LogP contribution in [0.15, 0.2) is 18.2 Å².